The number of anilines is 2. The molecule has 0 unspecified atom stereocenters. The van der Waals surface area contributed by atoms with Crippen LogP contribution in [0.15, 0.2) is 54.2 Å². The summed E-state index contributed by atoms with van der Waals surface area (Å²) < 4.78 is 1.67. The first-order valence-electron chi connectivity index (χ1n) is 10.1. The van der Waals surface area contributed by atoms with Gasteiger partial charge in [0.2, 0.25) is 11.8 Å². The minimum atomic E-state index is -0.504. The van der Waals surface area contributed by atoms with Gasteiger partial charge in [-0.15, -0.1) is 16.8 Å². The first-order valence-corrected chi connectivity index (χ1v) is 11.9. The van der Waals surface area contributed by atoms with Gasteiger partial charge in [-0.1, -0.05) is 53.2 Å². The van der Waals surface area contributed by atoms with Crippen molar-refractivity contribution in [2.45, 2.75) is 25.0 Å². The third-order valence-corrected chi connectivity index (χ3v) is 6.46. The van der Waals surface area contributed by atoms with Crippen LogP contribution in [0.5, 0.6) is 0 Å². The van der Waals surface area contributed by atoms with E-state index in [0.717, 1.165) is 11.8 Å². The summed E-state index contributed by atoms with van der Waals surface area (Å²) in [4.78, 5) is 35.5. The Bertz CT molecular complexity index is 1300. The summed E-state index contributed by atoms with van der Waals surface area (Å²) in [6, 6.07) is 9.37. The number of hydrogen-bond donors (Lipinski definition) is 2. The van der Waals surface area contributed by atoms with Gasteiger partial charge >= 0.3 is 0 Å². The first kappa shape index (κ1) is 26.2. The smallest absolute Gasteiger partial charge is 0.274 e. The van der Waals surface area contributed by atoms with Crippen molar-refractivity contribution in [3.63, 3.8) is 0 Å². The van der Waals surface area contributed by atoms with E-state index in [-0.39, 0.29) is 34.7 Å². The number of halogens is 2. The van der Waals surface area contributed by atoms with Crippen molar-refractivity contribution in [2.75, 3.05) is 16.4 Å². The molecule has 0 radical (unpaired) electrons. The van der Waals surface area contributed by atoms with E-state index in [1.807, 2.05) is 0 Å². The van der Waals surface area contributed by atoms with Gasteiger partial charge in [0.15, 0.2) is 5.16 Å². The molecule has 0 spiro atoms. The molecule has 10 nitrogen and oxygen atoms in total. The van der Waals surface area contributed by atoms with E-state index in [0.29, 0.717) is 39.5 Å². The third kappa shape index (κ3) is 6.81. The van der Waals surface area contributed by atoms with E-state index >= 15 is 0 Å². The lowest BCUT2D eigenvalue weighted by Gasteiger charge is -2.10. The Hall–Kier alpha value is -3.41. The van der Waals surface area contributed by atoms with Crippen molar-refractivity contribution in [1.29, 1.82) is 0 Å². The minimum Gasteiger partial charge on any atom is -0.325 e. The maximum Gasteiger partial charge on any atom is 0.274 e. The zero-order valence-corrected chi connectivity index (χ0v) is 20.8. The lowest BCUT2D eigenvalue weighted by molar-refractivity contribution is -0.385. The molecule has 182 valence electrons. The molecule has 0 saturated carbocycles. The first-order chi connectivity index (χ1) is 16.7. The summed E-state index contributed by atoms with van der Waals surface area (Å²) in [6.45, 7) is 5.65. The van der Waals surface area contributed by atoms with E-state index in [4.69, 9.17) is 23.2 Å². The third-order valence-electron chi connectivity index (χ3n) is 4.67. The highest BCUT2D eigenvalue weighted by molar-refractivity contribution is 7.99. The zero-order chi connectivity index (χ0) is 25.5. The van der Waals surface area contributed by atoms with Crippen LogP contribution in [0.4, 0.5) is 17.1 Å². The summed E-state index contributed by atoms with van der Waals surface area (Å²) in [5.74, 6) is -0.405. The standard InChI is InChI=1S/C22H20Cl2N6O4S/c1-3-9-29-18(11-19(31)26-16-6-4-5-15(23)21(16)24)27-28-22(29)35-12-20(32)25-14-8-7-13(2)17(10-14)30(33)34/h3-8,10H,1,9,11-12H2,2H3,(H,25,32)(H,26,31). The van der Waals surface area contributed by atoms with Crippen molar-refractivity contribution in [3.8, 4) is 0 Å². The van der Waals surface area contributed by atoms with Crippen molar-refractivity contribution in [3.05, 3.63) is 80.6 Å². The molecule has 2 N–H and O–H groups in total. The van der Waals surface area contributed by atoms with Crippen molar-refractivity contribution in [1.82, 2.24) is 14.8 Å². The van der Waals surface area contributed by atoms with Gasteiger partial charge in [-0.3, -0.25) is 19.7 Å². The molecule has 3 aromatic rings. The van der Waals surface area contributed by atoms with Crippen LogP contribution in [0.1, 0.15) is 11.4 Å². The molecule has 0 atom stereocenters. The second kappa shape index (κ2) is 11.8. The van der Waals surface area contributed by atoms with Crippen molar-refractivity contribution < 1.29 is 14.5 Å². The molecule has 1 aromatic heterocycles. The Morgan fingerprint density at radius 3 is 2.69 bits per heavy atom. The Balaban J connectivity index is 1.65. The number of nitrogens with one attached hydrogen (secondary N) is 2. The predicted molar refractivity (Wildman–Crippen MR) is 136 cm³/mol. The lowest BCUT2D eigenvalue weighted by atomic mass is 10.2. The van der Waals surface area contributed by atoms with Gasteiger partial charge in [0.05, 0.1) is 32.8 Å². The number of aromatic nitrogens is 3. The van der Waals surface area contributed by atoms with Gasteiger partial charge < -0.3 is 15.2 Å². The van der Waals surface area contributed by atoms with E-state index < -0.39 is 4.92 Å². The number of rotatable bonds is 10. The number of amides is 2. The minimum absolute atomic E-state index is 0.0265. The highest BCUT2D eigenvalue weighted by Gasteiger charge is 2.18. The van der Waals surface area contributed by atoms with E-state index in [2.05, 4.69) is 27.4 Å². The van der Waals surface area contributed by atoms with Crippen LogP contribution >= 0.6 is 35.0 Å². The molecule has 35 heavy (non-hydrogen) atoms. The molecule has 0 bridgehead atoms. The number of aryl methyl sites for hydroxylation is 1. The predicted octanol–water partition coefficient (Wildman–Crippen LogP) is 4.90. The molecule has 2 amide bonds. The van der Waals surface area contributed by atoms with Crippen molar-refractivity contribution >= 4 is 63.8 Å². The topological polar surface area (TPSA) is 132 Å². The SMILES string of the molecule is C=CCn1c(CC(=O)Nc2cccc(Cl)c2Cl)nnc1SCC(=O)Nc1ccc(C)c([N+](=O)[O-])c1. The molecule has 0 aliphatic rings. The summed E-state index contributed by atoms with van der Waals surface area (Å²) in [7, 11) is 0. The molecule has 0 aliphatic heterocycles. The largest absolute Gasteiger partial charge is 0.325 e. The second-order valence-electron chi connectivity index (χ2n) is 7.22. The summed E-state index contributed by atoms with van der Waals surface area (Å²) in [6.07, 6.45) is 1.53. The molecule has 0 aliphatic carbocycles. The van der Waals surface area contributed by atoms with E-state index in [9.17, 15) is 19.7 Å². The number of benzene rings is 2. The van der Waals surface area contributed by atoms with Crippen LogP contribution in [0.25, 0.3) is 0 Å². The fraction of sp³-hybridized carbons (Fsp3) is 0.182. The number of hydrogen-bond acceptors (Lipinski definition) is 7. The Morgan fingerprint density at radius 1 is 1.20 bits per heavy atom. The quantitative estimate of drug-likeness (QED) is 0.163. The Labute approximate surface area is 214 Å². The van der Waals surface area contributed by atoms with E-state index in [1.165, 1.54) is 6.07 Å². The van der Waals surface area contributed by atoms with Gasteiger partial charge in [0.25, 0.3) is 5.69 Å². The summed E-state index contributed by atoms with van der Waals surface area (Å²) in [5, 5.41) is 25.6. The van der Waals surface area contributed by atoms with Gasteiger partial charge in [-0.05, 0) is 25.1 Å². The van der Waals surface area contributed by atoms with E-state index in [1.54, 1.807) is 47.9 Å². The molecule has 2 aromatic carbocycles. The maximum absolute atomic E-state index is 12.5. The molecule has 0 saturated heterocycles. The van der Waals surface area contributed by atoms with Crippen LogP contribution in [-0.2, 0) is 22.6 Å². The molecular formula is C22H20Cl2N6O4S. The maximum atomic E-state index is 12.5. The van der Waals surface area contributed by atoms with Crippen molar-refractivity contribution in [2.24, 2.45) is 0 Å². The number of nitrogens with zero attached hydrogens (tertiary/aromatic N) is 4. The number of carbonyl (C=O) groups excluding carboxylic acids is 2. The number of nitro groups is 1. The number of thioether (sulfide) groups is 1. The van der Waals surface area contributed by atoms with Gasteiger partial charge in [-0.25, -0.2) is 0 Å². The molecule has 0 fully saturated rings. The molecule has 13 heteroatoms. The highest BCUT2D eigenvalue weighted by atomic mass is 35.5. The van der Waals surface area contributed by atoms with Gasteiger partial charge in [0, 0.05) is 23.9 Å². The zero-order valence-electron chi connectivity index (χ0n) is 18.5. The molecule has 1 heterocycles. The molecule has 3 rings (SSSR count). The fourth-order valence-electron chi connectivity index (χ4n) is 3.02. The Kier molecular flexibility index (Phi) is 8.85. The summed E-state index contributed by atoms with van der Waals surface area (Å²) in [5.41, 5.74) is 1.11. The number of allylic oxidation sites excluding steroid dienone is 1. The van der Waals surface area contributed by atoms with Crippen LogP contribution in [0, 0.1) is 17.0 Å². The van der Waals surface area contributed by atoms with Crippen LogP contribution in [-0.4, -0.2) is 37.3 Å². The average Bonchev–Trinajstić information content (AvgIpc) is 3.18. The number of nitro benzene ring substituents is 1. The number of carbonyl (C=O) groups is 2. The lowest BCUT2D eigenvalue weighted by Crippen LogP contribution is -2.18. The van der Waals surface area contributed by atoms with Crippen LogP contribution in [0.3, 0.4) is 0 Å². The highest BCUT2D eigenvalue weighted by Crippen LogP contribution is 2.29. The van der Waals surface area contributed by atoms with Crippen LogP contribution in [0.2, 0.25) is 10.0 Å². The fourth-order valence-corrected chi connectivity index (χ4v) is 4.13. The van der Waals surface area contributed by atoms with Gasteiger partial charge in [0.1, 0.15) is 5.82 Å². The second-order valence-corrected chi connectivity index (χ2v) is 8.95. The molecular weight excluding hydrogens is 515 g/mol. The average molecular weight is 535 g/mol. The normalized spacial score (nSPS) is 10.6. The summed E-state index contributed by atoms with van der Waals surface area (Å²) >= 11 is 13.2. The van der Waals surface area contributed by atoms with Gasteiger partial charge in [-0.2, -0.15) is 0 Å². The van der Waals surface area contributed by atoms with Crippen LogP contribution < -0.4 is 10.6 Å². The Morgan fingerprint density at radius 2 is 1.97 bits per heavy atom. The monoisotopic (exact) mass is 534 g/mol.